The Balaban J connectivity index is 2.18. The van der Waals surface area contributed by atoms with Crippen molar-refractivity contribution in [2.24, 2.45) is 0 Å². The lowest BCUT2D eigenvalue weighted by Crippen LogP contribution is -2.29. The summed E-state index contributed by atoms with van der Waals surface area (Å²) >= 11 is 5.92. The molecule has 0 fully saturated rings. The molecule has 0 saturated heterocycles. The van der Waals surface area contributed by atoms with E-state index >= 15 is 0 Å². The molecule has 2 aromatic carbocycles. The SMILES string of the molecule is COc1cc(C)c(NC(=O)CC(NC(C)=O)c2ccc(Cl)cc2)cc1OC. The van der Waals surface area contributed by atoms with Crippen molar-refractivity contribution < 1.29 is 19.1 Å². The minimum absolute atomic E-state index is 0.0784. The molecule has 0 saturated carbocycles. The van der Waals surface area contributed by atoms with Crippen LogP contribution in [0.15, 0.2) is 36.4 Å². The second-order valence-corrected chi connectivity index (χ2v) is 6.52. The largest absolute Gasteiger partial charge is 0.493 e. The van der Waals surface area contributed by atoms with Gasteiger partial charge in [0.2, 0.25) is 11.8 Å². The van der Waals surface area contributed by atoms with Crippen LogP contribution in [-0.4, -0.2) is 26.0 Å². The summed E-state index contributed by atoms with van der Waals surface area (Å²) in [6.45, 7) is 3.28. The molecular weight excluding hydrogens is 368 g/mol. The summed E-state index contributed by atoms with van der Waals surface area (Å²) in [6.07, 6.45) is 0.0784. The number of aryl methyl sites for hydroxylation is 1. The average molecular weight is 391 g/mol. The van der Waals surface area contributed by atoms with Gasteiger partial charge in [-0.25, -0.2) is 0 Å². The molecule has 0 spiro atoms. The molecule has 0 aliphatic carbocycles. The fraction of sp³-hybridized carbons (Fsp3) is 0.300. The van der Waals surface area contributed by atoms with Gasteiger partial charge in [0.05, 0.1) is 26.7 Å². The molecular formula is C20H23ClN2O4. The van der Waals surface area contributed by atoms with E-state index in [4.69, 9.17) is 21.1 Å². The zero-order valence-corrected chi connectivity index (χ0v) is 16.5. The summed E-state index contributed by atoms with van der Waals surface area (Å²) in [6, 6.07) is 10.1. The molecule has 6 nitrogen and oxygen atoms in total. The van der Waals surface area contributed by atoms with Crippen LogP contribution in [0.2, 0.25) is 5.02 Å². The van der Waals surface area contributed by atoms with Crippen LogP contribution in [0, 0.1) is 6.92 Å². The molecule has 7 heteroatoms. The Morgan fingerprint density at radius 3 is 2.22 bits per heavy atom. The van der Waals surface area contributed by atoms with Gasteiger partial charge in [0.25, 0.3) is 0 Å². The highest BCUT2D eigenvalue weighted by Crippen LogP contribution is 2.33. The fourth-order valence-corrected chi connectivity index (χ4v) is 2.82. The molecule has 27 heavy (non-hydrogen) atoms. The number of hydrogen-bond donors (Lipinski definition) is 2. The summed E-state index contributed by atoms with van der Waals surface area (Å²) in [5.74, 6) is 0.656. The molecule has 2 rings (SSSR count). The number of methoxy groups -OCH3 is 2. The summed E-state index contributed by atoms with van der Waals surface area (Å²) in [5.41, 5.74) is 2.26. The van der Waals surface area contributed by atoms with Crippen LogP contribution in [-0.2, 0) is 9.59 Å². The first kappa shape index (κ1) is 20.6. The van der Waals surface area contributed by atoms with E-state index in [1.807, 2.05) is 6.92 Å². The van der Waals surface area contributed by atoms with Crippen LogP contribution in [0.5, 0.6) is 11.5 Å². The third-order valence-corrected chi connectivity index (χ3v) is 4.30. The van der Waals surface area contributed by atoms with E-state index < -0.39 is 6.04 Å². The zero-order valence-electron chi connectivity index (χ0n) is 15.8. The summed E-state index contributed by atoms with van der Waals surface area (Å²) in [7, 11) is 3.09. The number of halogens is 1. The van der Waals surface area contributed by atoms with Crippen molar-refractivity contribution in [3.8, 4) is 11.5 Å². The number of ether oxygens (including phenoxy) is 2. The van der Waals surface area contributed by atoms with Crippen LogP contribution in [0.3, 0.4) is 0 Å². The lowest BCUT2D eigenvalue weighted by atomic mass is 10.0. The van der Waals surface area contributed by atoms with Crippen LogP contribution in [0.4, 0.5) is 5.69 Å². The lowest BCUT2D eigenvalue weighted by Gasteiger charge is -2.19. The van der Waals surface area contributed by atoms with Crippen LogP contribution >= 0.6 is 11.6 Å². The van der Waals surface area contributed by atoms with E-state index in [1.54, 1.807) is 43.5 Å². The van der Waals surface area contributed by atoms with E-state index in [0.717, 1.165) is 11.1 Å². The number of carbonyl (C=O) groups excluding carboxylic acids is 2. The zero-order chi connectivity index (χ0) is 20.0. The van der Waals surface area contributed by atoms with Gasteiger partial charge in [0.15, 0.2) is 11.5 Å². The van der Waals surface area contributed by atoms with E-state index in [1.165, 1.54) is 14.0 Å². The molecule has 0 aromatic heterocycles. The predicted molar refractivity (Wildman–Crippen MR) is 106 cm³/mol. The van der Waals surface area contributed by atoms with E-state index in [2.05, 4.69) is 10.6 Å². The van der Waals surface area contributed by atoms with E-state index in [-0.39, 0.29) is 18.2 Å². The topological polar surface area (TPSA) is 76.7 Å². The normalized spacial score (nSPS) is 11.4. The predicted octanol–water partition coefficient (Wildman–Crippen LogP) is 3.87. The average Bonchev–Trinajstić information content (AvgIpc) is 2.62. The quantitative estimate of drug-likeness (QED) is 0.752. The lowest BCUT2D eigenvalue weighted by molar-refractivity contribution is -0.120. The number of carbonyl (C=O) groups is 2. The van der Waals surface area contributed by atoms with Gasteiger partial charge in [-0.1, -0.05) is 23.7 Å². The molecule has 2 aromatic rings. The molecule has 0 bridgehead atoms. The third-order valence-electron chi connectivity index (χ3n) is 4.04. The number of hydrogen-bond acceptors (Lipinski definition) is 4. The minimum Gasteiger partial charge on any atom is -0.493 e. The number of anilines is 1. The van der Waals surface area contributed by atoms with E-state index in [9.17, 15) is 9.59 Å². The fourth-order valence-electron chi connectivity index (χ4n) is 2.69. The Labute approximate surface area is 163 Å². The van der Waals surface area contributed by atoms with Crippen molar-refractivity contribution in [3.63, 3.8) is 0 Å². The first-order valence-electron chi connectivity index (χ1n) is 8.39. The van der Waals surface area contributed by atoms with Gasteiger partial charge < -0.3 is 20.1 Å². The second-order valence-electron chi connectivity index (χ2n) is 6.08. The Morgan fingerprint density at radius 1 is 1.07 bits per heavy atom. The second kappa shape index (κ2) is 9.28. The smallest absolute Gasteiger partial charge is 0.226 e. The first-order chi connectivity index (χ1) is 12.8. The van der Waals surface area contributed by atoms with Crippen LogP contribution in [0.25, 0.3) is 0 Å². The summed E-state index contributed by atoms with van der Waals surface area (Å²) in [4.78, 5) is 24.1. The van der Waals surface area contributed by atoms with Gasteiger partial charge >= 0.3 is 0 Å². The Kier molecular flexibility index (Phi) is 7.07. The van der Waals surface area contributed by atoms with Gasteiger partial charge in [-0.15, -0.1) is 0 Å². The monoisotopic (exact) mass is 390 g/mol. The maximum absolute atomic E-state index is 12.6. The van der Waals surface area contributed by atoms with Crippen molar-refractivity contribution in [2.75, 3.05) is 19.5 Å². The van der Waals surface area contributed by atoms with Crippen molar-refractivity contribution in [3.05, 3.63) is 52.5 Å². The Morgan fingerprint density at radius 2 is 1.67 bits per heavy atom. The van der Waals surface area contributed by atoms with Gasteiger partial charge in [0, 0.05) is 23.7 Å². The first-order valence-corrected chi connectivity index (χ1v) is 8.77. The highest BCUT2D eigenvalue weighted by atomic mass is 35.5. The molecule has 1 atom stereocenters. The van der Waals surface area contributed by atoms with Crippen molar-refractivity contribution in [2.45, 2.75) is 26.3 Å². The molecule has 0 aliphatic heterocycles. The van der Waals surface area contributed by atoms with Crippen molar-refractivity contribution >= 4 is 29.1 Å². The maximum Gasteiger partial charge on any atom is 0.226 e. The Bertz CT molecular complexity index is 821. The van der Waals surface area contributed by atoms with Crippen molar-refractivity contribution in [1.82, 2.24) is 5.32 Å². The number of nitrogens with one attached hydrogen (secondary N) is 2. The highest BCUT2D eigenvalue weighted by molar-refractivity contribution is 6.30. The number of rotatable bonds is 7. The van der Waals surface area contributed by atoms with Gasteiger partial charge in [0.1, 0.15) is 0 Å². The molecule has 1 unspecified atom stereocenters. The van der Waals surface area contributed by atoms with Crippen molar-refractivity contribution in [1.29, 1.82) is 0 Å². The molecule has 0 heterocycles. The minimum atomic E-state index is -0.458. The van der Waals surface area contributed by atoms with Crippen LogP contribution in [0.1, 0.15) is 30.5 Å². The Hall–Kier alpha value is -2.73. The summed E-state index contributed by atoms with van der Waals surface area (Å²) < 4.78 is 10.5. The molecule has 2 N–H and O–H groups in total. The number of amides is 2. The van der Waals surface area contributed by atoms with Gasteiger partial charge in [-0.05, 0) is 36.2 Å². The van der Waals surface area contributed by atoms with Gasteiger partial charge in [-0.3, -0.25) is 9.59 Å². The molecule has 0 aliphatic rings. The molecule has 0 radical (unpaired) electrons. The summed E-state index contributed by atoms with van der Waals surface area (Å²) in [5, 5.41) is 6.26. The van der Waals surface area contributed by atoms with Gasteiger partial charge in [-0.2, -0.15) is 0 Å². The van der Waals surface area contributed by atoms with E-state index in [0.29, 0.717) is 22.2 Å². The third kappa shape index (κ3) is 5.62. The maximum atomic E-state index is 12.6. The number of benzene rings is 2. The molecule has 2 amide bonds. The highest BCUT2D eigenvalue weighted by Gasteiger charge is 2.18. The molecule has 144 valence electrons. The van der Waals surface area contributed by atoms with Crippen LogP contribution < -0.4 is 20.1 Å². The standard InChI is InChI=1S/C20H23ClN2O4/c1-12-9-18(26-3)19(27-4)10-16(12)23-20(25)11-17(22-13(2)24)14-5-7-15(21)8-6-14/h5-10,17H,11H2,1-4H3,(H,22,24)(H,23,25).